The molecule has 0 saturated carbocycles. The van der Waals surface area contributed by atoms with Gasteiger partial charge < -0.3 is 0 Å². The first-order valence-electron chi connectivity index (χ1n) is 7.77. The average molecular weight is 383 g/mol. The molecule has 128 valence electrons. The van der Waals surface area contributed by atoms with Crippen molar-refractivity contribution in [1.82, 2.24) is 19.2 Å². The van der Waals surface area contributed by atoms with Crippen molar-refractivity contribution in [2.24, 2.45) is 0 Å². The van der Waals surface area contributed by atoms with Gasteiger partial charge in [-0.3, -0.25) is 14.5 Å². The molecular weight excluding hydrogens is 371 g/mol. The number of halogens is 2. The van der Waals surface area contributed by atoms with Gasteiger partial charge in [0.15, 0.2) is 5.65 Å². The molecule has 0 aliphatic heterocycles. The topological polar surface area (TPSA) is 52.2 Å². The van der Waals surface area contributed by atoms with Crippen molar-refractivity contribution >= 4 is 41.0 Å². The van der Waals surface area contributed by atoms with Crippen molar-refractivity contribution in [2.45, 2.75) is 0 Å². The molecule has 0 amide bonds. The fourth-order valence-electron chi connectivity index (χ4n) is 2.64. The van der Waals surface area contributed by atoms with E-state index < -0.39 is 0 Å². The largest absolute Gasteiger partial charge is 0.273 e. The van der Waals surface area contributed by atoms with E-state index in [1.165, 1.54) is 10.6 Å². The van der Waals surface area contributed by atoms with Gasteiger partial charge >= 0.3 is 0 Å². The minimum absolute atomic E-state index is 0.211. The van der Waals surface area contributed by atoms with Gasteiger partial charge in [-0.05, 0) is 35.9 Å². The molecule has 0 saturated heterocycles. The summed E-state index contributed by atoms with van der Waals surface area (Å²) in [5, 5.41) is 0.978. The van der Waals surface area contributed by atoms with E-state index >= 15 is 0 Å². The lowest BCUT2D eigenvalue weighted by molar-refractivity contribution is 0.763. The quantitative estimate of drug-likeness (QED) is 0.528. The van der Waals surface area contributed by atoms with Gasteiger partial charge in [-0.15, -0.1) is 0 Å². The van der Waals surface area contributed by atoms with Crippen molar-refractivity contribution < 1.29 is 0 Å². The molecular formula is C19H12Cl2N4O. The highest BCUT2D eigenvalue weighted by molar-refractivity contribution is 6.35. The highest BCUT2D eigenvalue weighted by Crippen LogP contribution is 2.24. The van der Waals surface area contributed by atoms with Gasteiger partial charge in [-0.2, -0.15) is 4.52 Å². The van der Waals surface area contributed by atoms with E-state index in [0.717, 1.165) is 5.56 Å². The fourth-order valence-corrected chi connectivity index (χ4v) is 3.13. The van der Waals surface area contributed by atoms with Crippen molar-refractivity contribution in [3.8, 4) is 5.69 Å². The summed E-state index contributed by atoms with van der Waals surface area (Å²) < 4.78 is 3.11. The van der Waals surface area contributed by atoms with Gasteiger partial charge in [-0.25, -0.2) is 4.98 Å². The Labute approximate surface area is 158 Å². The minimum atomic E-state index is -0.211. The summed E-state index contributed by atoms with van der Waals surface area (Å²) in [6.07, 6.45) is 8.83. The average Bonchev–Trinajstić information content (AvgIpc) is 3.05. The van der Waals surface area contributed by atoms with E-state index in [4.69, 9.17) is 23.2 Å². The lowest BCUT2D eigenvalue weighted by Crippen LogP contribution is -2.20. The molecule has 1 aromatic carbocycles. The summed E-state index contributed by atoms with van der Waals surface area (Å²) in [4.78, 5) is 21.2. The Bertz CT molecular complexity index is 1180. The monoisotopic (exact) mass is 382 g/mol. The summed E-state index contributed by atoms with van der Waals surface area (Å²) in [6.45, 7) is 0. The Kier molecular flexibility index (Phi) is 4.32. The molecule has 5 nitrogen and oxygen atoms in total. The van der Waals surface area contributed by atoms with E-state index in [9.17, 15) is 4.79 Å². The van der Waals surface area contributed by atoms with Gasteiger partial charge in [0.2, 0.25) is 0 Å². The van der Waals surface area contributed by atoms with Gasteiger partial charge in [-0.1, -0.05) is 35.3 Å². The van der Waals surface area contributed by atoms with Crippen LogP contribution >= 0.6 is 23.2 Å². The Morgan fingerprint density at radius 2 is 1.92 bits per heavy atom. The number of rotatable bonds is 3. The summed E-state index contributed by atoms with van der Waals surface area (Å²) in [7, 11) is 0. The Morgan fingerprint density at radius 3 is 2.69 bits per heavy atom. The second-order valence-corrected chi connectivity index (χ2v) is 6.41. The SMILES string of the molecule is O=c1cc(C=Cc2cccnc2)nc2ccn(-c3ccc(Cl)cc3Cl)n12. The standard InChI is InChI=1S/C19H12Cl2N4O/c20-14-4-6-17(16(21)10-14)24-9-7-18-23-15(11-19(26)25(18)24)5-3-13-2-1-8-22-12-13/h1-12H. The zero-order chi connectivity index (χ0) is 18.1. The third-order valence-electron chi connectivity index (χ3n) is 3.81. The molecule has 0 radical (unpaired) electrons. The van der Waals surface area contributed by atoms with Gasteiger partial charge in [0.1, 0.15) is 0 Å². The molecule has 0 fully saturated rings. The predicted molar refractivity (Wildman–Crippen MR) is 104 cm³/mol. The third kappa shape index (κ3) is 3.14. The van der Waals surface area contributed by atoms with Gasteiger partial charge in [0.05, 0.1) is 16.4 Å². The highest BCUT2D eigenvalue weighted by Gasteiger charge is 2.10. The molecule has 3 aromatic heterocycles. The number of nitrogens with zero attached hydrogens (tertiary/aromatic N) is 4. The first-order valence-corrected chi connectivity index (χ1v) is 8.52. The summed E-state index contributed by atoms with van der Waals surface area (Å²) >= 11 is 12.2. The zero-order valence-electron chi connectivity index (χ0n) is 13.4. The van der Waals surface area contributed by atoms with Crippen LogP contribution in [0.3, 0.4) is 0 Å². The van der Waals surface area contributed by atoms with Crippen LogP contribution in [0.1, 0.15) is 11.3 Å². The first kappa shape index (κ1) is 16.6. The molecule has 0 spiro atoms. The Hall–Kier alpha value is -2.89. The van der Waals surface area contributed by atoms with Crippen molar-refractivity contribution in [2.75, 3.05) is 0 Å². The molecule has 0 atom stereocenters. The van der Waals surface area contributed by atoms with Crippen LogP contribution in [0.2, 0.25) is 10.0 Å². The summed E-state index contributed by atoms with van der Waals surface area (Å²) in [5.74, 6) is 0. The highest BCUT2D eigenvalue weighted by atomic mass is 35.5. The van der Waals surface area contributed by atoms with E-state index in [0.29, 0.717) is 27.1 Å². The number of benzene rings is 1. The molecule has 26 heavy (non-hydrogen) atoms. The molecule has 4 rings (SSSR count). The van der Waals surface area contributed by atoms with Crippen LogP contribution < -0.4 is 5.56 Å². The second-order valence-electron chi connectivity index (χ2n) is 5.56. The number of pyridine rings is 1. The van der Waals surface area contributed by atoms with Crippen molar-refractivity contribution in [3.05, 3.63) is 92.7 Å². The Balaban J connectivity index is 1.78. The molecule has 0 aliphatic rings. The van der Waals surface area contributed by atoms with E-state index in [2.05, 4.69) is 9.97 Å². The maximum Gasteiger partial charge on any atom is 0.273 e. The number of hydrogen-bond donors (Lipinski definition) is 0. The number of hydrogen-bond acceptors (Lipinski definition) is 3. The summed E-state index contributed by atoms with van der Waals surface area (Å²) in [5.41, 5.74) is 2.46. The van der Waals surface area contributed by atoms with Crippen LogP contribution in [0.25, 0.3) is 23.5 Å². The molecule has 4 aromatic rings. The van der Waals surface area contributed by atoms with Crippen LogP contribution in [-0.2, 0) is 0 Å². The third-order valence-corrected chi connectivity index (χ3v) is 4.35. The molecule has 3 heterocycles. The fraction of sp³-hybridized carbons (Fsp3) is 0. The normalized spacial score (nSPS) is 11.5. The molecule has 0 unspecified atom stereocenters. The Morgan fingerprint density at radius 1 is 1.04 bits per heavy atom. The van der Waals surface area contributed by atoms with Gasteiger partial charge in [0.25, 0.3) is 5.56 Å². The molecule has 0 N–H and O–H groups in total. The van der Waals surface area contributed by atoms with Crippen molar-refractivity contribution in [1.29, 1.82) is 0 Å². The zero-order valence-corrected chi connectivity index (χ0v) is 14.9. The van der Waals surface area contributed by atoms with E-state index in [-0.39, 0.29) is 5.56 Å². The molecule has 7 heteroatoms. The van der Waals surface area contributed by atoms with Crippen LogP contribution in [0.5, 0.6) is 0 Å². The summed E-state index contributed by atoms with van der Waals surface area (Å²) in [6, 6.07) is 12.1. The van der Waals surface area contributed by atoms with E-state index in [1.807, 2.05) is 18.2 Å². The first-order chi connectivity index (χ1) is 12.6. The van der Waals surface area contributed by atoms with E-state index in [1.54, 1.807) is 53.6 Å². The lowest BCUT2D eigenvalue weighted by atomic mass is 10.2. The molecule has 0 aliphatic carbocycles. The number of fused-ring (bicyclic) bond motifs is 1. The predicted octanol–water partition coefficient (Wildman–Crippen LogP) is 4.36. The maximum atomic E-state index is 12.6. The van der Waals surface area contributed by atoms with Crippen LogP contribution in [0.15, 0.2) is 65.8 Å². The van der Waals surface area contributed by atoms with Crippen LogP contribution in [0, 0.1) is 0 Å². The maximum absolute atomic E-state index is 12.6. The minimum Gasteiger partial charge on any atom is -0.267 e. The van der Waals surface area contributed by atoms with Crippen LogP contribution in [0.4, 0.5) is 0 Å². The van der Waals surface area contributed by atoms with Crippen LogP contribution in [-0.4, -0.2) is 19.2 Å². The molecule has 0 bridgehead atoms. The van der Waals surface area contributed by atoms with Crippen molar-refractivity contribution in [3.63, 3.8) is 0 Å². The van der Waals surface area contributed by atoms with Gasteiger partial charge in [0, 0.05) is 35.7 Å². The smallest absolute Gasteiger partial charge is 0.267 e. The second kappa shape index (κ2) is 6.78. The lowest BCUT2D eigenvalue weighted by Gasteiger charge is -2.09. The number of aromatic nitrogens is 4.